The van der Waals surface area contributed by atoms with Gasteiger partial charge < -0.3 is 10.1 Å². The Hall–Kier alpha value is -2.19. The van der Waals surface area contributed by atoms with Gasteiger partial charge in [-0.3, -0.25) is 4.79 Å². The molecule has 0 heterocycles. The van der Waals surface area contributed by atoms with Crippen molar-refractivity contribution in [3.63, 3.8) is 0 Å². The second-order valence-electron chi connectivity index (χ2n) is 4.61. The quantitative estimate of drug-likeness (QED) is 0.539. The van der Waals surface area contributed by atoms with Crippen molar-refractivity contribution in [2.75, 3.05) is 13.1 Å². The predicted octanol–water partition coefficient (Wildman–Crippen LogP) is 0.832. The molecule has 0 aliphatic carbocycles. The molecule has 0 aliphatic heterocycles. The highest BCUT2D eigenvalue weighted by Gasteiger charge is 2.20. The smallest absolute Gasteiger partial charge is 0.338 e. The van der Waals surface area contributed by atoms with E-state index in [9.17, 15) is 18.0 Å². The lowest BCUT2D eigenvalue weighted by molar-refractivity contribution is -0.128. The number of hydrogen-bond acceptors (Lipinski definition) is 5. The zero-order chi connectivity index (χ0) is 17.5. The maximum Gasteiger partial charge on any atom is 0.338 e. The molecule has 0 aliphatic rings. The number of carbonyl (C=O) groups excluding carboxylic acids is 2. The van der Waals surface area contributed by atoms with Crippen LogP contribution in [0.15, 0.2) is 41.8 Å². The molecule has 0 aromatic heterocycles. The molecule has 0 saturated heterocycles. The van der Waals surface area contributed by atoms with Crippen LogP contribution in [0.1, 0.15) is 24.2 Å². The third-order valence-electron chi connectivity index (χ3n) is 2.80. The van der Waals surface area contributed by atoms with Crippen molar-refractivity contribution in [3.05, 3.63) is 42.5 Å². The molecule has 0 radical (unpaired) electrons. The number of likely N-dealkylation sites (N-methyl/N-ethyl adjacent to an activating group) is 1. The maximum absolute atomic E-state index is 12.0. The van der Waals surface area contributed by atoms with E-state index in [1.807, 2.05) is 0 Å². The van der Waals surface area contributed by atoms with Gasteiger partial charge in [0.2, 0.25) is 10.0 Å². The fraction of sp³-hybridized carbons (Fsp3) is 0.333. The normalized spacial score (nSPS) is 12.3. The first-order chi connectivity index (χ1) is 10.8. The third-order valence-corrected chi connectivity index (χ3v) is 4.22. The lowest BCUT2D eigenvalue weighted by atomic mass is 10.2. The molecule has 1 rings (SSSR count). The summed E-state index contributed by atoms with van der Waals surface area (Å²) in [6.45, 7) is 7.11. The Morgan fingerprint density at radius 1 is 1.39 bits per heavy atom. The number of carbonyl (C=O) groups is 2. The Balaban J connectivity index is 2.89. The highest BCUT2D eigenvalue weighted by atomic mass is 32.2. The molecule has 0 saturated carbocycles. The fourth-order valence-corrected chi connectivity index (χ4v) is 2.69. The van der Waals surface area contributed by atoms with E-state index in [1.54, 1.807) is 6.92 Å². The molecular formula is C15H20N2O5S. The summed E-state index contributed by atoms with van der Waals surface area (Å²) in [5.41, 5.74) is 0.0441. The second-order valence-corrected chi connectivity index (χ2v) is 6.38. The molecule has 126 valence electrons. The van der Waals surface area contributed by atoms with Crippen LogP contribution in [0.4, 0.5) is 0 Å². The molecule has 0 unspecified atom stereocenters. The van der Waals surface area contributed by atoms with Gasteiger partial charge in [-0.05, 0) is 32.0 Å². The van der Waals surface area contributed by atoms with Crippen LogP contribution in [0, 0.1) is 0 Å². The van der Waals surface area contributed by atoms with Crippen molar-refractivity contribution in [2.45, 2.75) is 24.8 Å². The van der Waals surface area contributed by atoms with E-state index in [-0.39, 0.29) is 17.0 Å². The summed E-state index contributed by atoms with van der Waals surface area (Å²) in [6, 6.07) is 5.39. The average molecular weight is 340 g/mol. The van der Waals surface area contributed by atoms with Crippen LogP contribution >= 0.6 is 0 Å². The summed E-state index contributed by atoms with van der Waals surface area (Å²) in [4.78, 5) is 23.5. The van der Waals surface area contributed by atoms with Gasteiger partial charge in [0.1, 0.15) is 0 Å². The lowest BCUT2D eigenvalue weighted by Crippen LogP contribution is -2.35. The van der Waals surface area contributed by atoms with Gasteiger partial charge in [-0.2, -0.15) is 0 Å². The van der Waals surface area contributed by atoms with E-state index in [0.717, 1.165) is 0 Å². The van der Waals surface area contributed by atoms with Crippen molar-refractivity contribution in [3.8, 4) is 0 Å². The monoisotopic (exact) mass is 340 g/mol. The van der Waals surface area contributed by atoms with Gasteiger partial charge in [0, 0.05) is 13.1 Å². The van der Waals surface area contributed by atoms with Crippen LogP contribution in [0.2, 0.25) is 0 Å². The van der Waals surface area contributed by atoms with Gasteiger partial charge in [-0.25, -0.2) is 17.9 Å². The highest BCUT2D eigenvalue weighted by Crippen LogP contribution is 2.13. The number of hydrogen-bond donors (Lipinski definition) is 2. The number of ether oxygens (including phenoxy) is 1. The van der Waals surface area contributed by atoms with Gasteiger partial charge >= 0.3 is 5.97 Å². The standard InChI is InChI=1S/C15H20N2O5S/c1-4-9-17-23(20,21)13-8-6-7-12(10-13)15(19)22-11(3)14(18)16-5-2/h4,6-8,10-11,17H,1,5,9H2,2-3H3,(H,16,18)/t11-/m1/s1. The minimum Gasteiger partial charge on any atom is -0.449 e. The van der Waals surface area contributed by atoms with Gasteiger partial charge in [0.25, 0.3) is 5.91 Å². The van der Waals surface area contributed by atoms with Crippen molar-refractivity contribution < 1.29 is 22.7 Å². The van der Waals surface area contributed by atoms with Crippen molar-refractivity contribution >= 4 is 21.9 Å². The highest BCUT2D eigenvalue weighted by molar-refractivity contribution is 7.89. The molecule has 8 heteroatoms. The Bertz CT molecular complexity index is 685. The van der Waals surface area contributed by atoms with E-state index < -0.39 is 28.0 Å². The molecule has 0 bridgehead atoms. The van der Waals surface area contributed by atoms with Crippen LogP contribution in [0.3, 0.4) is 0 Å². The Morgan fingerprint density at radius 3 is 2.70 bits per heavy atom. The first-order valence-corrected chi connectivity index (χ1v) is 8.49. The van der Waals surface area contributed by atoms with Crippen LogP contribution in [0.5, 0.6) is 0 Å². The Morgan fingerprint density at radius 2 is 2.09 bits per heavy atom. The minimum atomic E-state index is -3.74. The Kier molecular flexibility index (Phi) is 6.92. The number of amides is 1. The Labute approximate surface area is 135 Å². The third kappa shape index (κ3) is 5.50. The predicted molar refractivity (Wildman–Crippen MR) is 85.4 cm³/mol. The number of rotatable bonds is 8. The van der Waals surface area contributed by atoms with Gasteiger partial charge in [-0.1, -0.05) is 12.1 Å². The summed E-state index contributed by atoms with van der Waals surface area (Å²) in [5.74, 6) is -1.19. The average Bonchev–Trinajstić information content (AvgIpc) is 2.53. The van der Waals surface area contributed by atoms with Crippen LogP contribution in [-0.2, 0) is 19.6 Å². The van der Waals surface area contributed by atoms with E-state index in [4.69, 9.17) is 4.74 Å². The number of nitrogens with one attached hydrogen (secondary N) is 2. The zero-order valence-electron chi connectivity index (χ0n) is 13.0. The van der Waals surface area contributed by atoms with Gasteiger partial charge in [0.15, 0.2) is 6.10 Å². The summed E-state index contributed by atoms with van der Waals surface area (Å²) in [5, 5.41) is 2.53. The van der Waals surface area contributed by atoms with Crippen molar-refractivity contribution in [2.24, 2.45) is 0 Å². The van der Waals surface area contributed by atoms with Crippen molar-refractivity contribution in [1.29, 1.82) is 0 Å². The minimum absolute atomic E-state index is 0.0441. The summed E-state index contributed by atoms with van der Waals surface area (Å²) >= 11 is 0. The largest absolute Gasteiger partial charge is 0.449 e. The first kappa shape index (κ1) is 18.9. The summed E-state index contributed by atoms with van der Waals surface area (Å²) in [6.07, 6.45) is 0.436. The van der Waals surface area contributed by atoms with E-state index >= 15 is 0 Å². The van der Waals surface area contributed by atoms with Crippen LogP contribution in [-0.4, -0.2) is 39.5 Å². The van der Waals surface area contributed by atoms with E-state index in [2.05, 4.69) is 16.6 Å². The molecule has 1 atom stereocenters. The molecule has 1 amide bonds. The number of benzene rings is 1. The summed E-state index contributed by atoms with van der Waals surface area (Å²) < 4.78 is 31.3. The first-order valence-electron chi connectivity index (χ1n) is 7.01. The molecule has 23 heavy (non-hydrogen) atoms. The van der Waals surface area contributed by atoms with E-state index in [1.165, 1.54) is 37.3 Å². The number of sulfonamides is 1. The topological polar surface area (TPSA) is 102 Å². The fourth-order valence-electron chi connectivity index (χ4n) is 1.64. The molecule has 2 N–H and O–H groups in total. The van der Waals surface area contributed by atoms with Crippen molar-refractivity contribution in [1.82, 2.24) is 10.0 Å². The zero-order valence-corrected chi connectivity index (χ0v) is 13.9. The SMILES string of the molecule is C=CCNS(=O)(=O)c1cccc(C(=O)O[C@H](C)C(=O)NCC)c1. The van der Waals surface area contributed by atoms with Crippen LogP contribution < -0.4 is 10.0 Å². The van der Waals surface area contributed by atoms with E-state index in [0.29, 0.717) is 6.54 Å². The van der Waals surface area contributed by atoms with Gasteiger partial charge in [-0.15, -0.1) is 6.58 Å². The molecule has 0 fully saturated rings. The summed E-state index contributed by atoms with van der Waals surface area (Å²) in [7, 11) is -3.74. The van der Waals surface area contributed by atoms with Gasteiger partial charge in [0.05, 0.1) is 10.5 Å². The molecule has 0 spiro atoms. The molecule has 1 aromatic rings. The maximum atomic E-state index is 12.0. The number of esters is 1. The lowest BCUT2D eigenvalue weighted by Gasteiger charge is -2.13. The van der Waals surface area contributed by atoms with Crippen LogP contribution in [0.25, 0.3) is 0 Å². The molecular weight excluding hydrogens is 320 g/mol. The molecule has 1 aromatic carbocycles. The molecule has 7 nitrogen and oxygen atoms in total. The second kappa shape index (κ2) is 8.44.